The first-order valence-corrected chi connectivity index (χ1v) is 9.68. The minimum absolute atomic E-state index is 0.0714. The Morgan fingerprint density at radius 2 is 1.80 bits per heavy atom. The molecule has 0 bridgehead atoms. The lowest BCUT2D eigenvalue weighted by Gasteiger charge is -2.26. The molecule has 0 spiro atoms. The van der Waals surface area contributed by atoms with Crippen LogP contribution >= 0.6 is 0 Å². The van der Waals surface area contributed by atoms with Crippen LogP contribution in [0.5, 0.6) is 0 Å². The molecule has 1 fully saturated rings. The summed E-state index contributed by atoms with van der Waals surface area (Å²) in [5.74, 6) is -0.993. The highest BCUT2D eigenvalue weighted by atomic mass is 16.6. The Morgan fingerprint density at radius 1 is 1.10 bits per heavy atom. The largest absolute Gasteiger partial charge is 0.446 e. The molecule has 7 heteroatoms. The number of carbonyl (C=O) groups is 2. The molecule has 4 rings (SSSR count). The van der Waals surface area contributed by atoms with Crippen molar-refractivity contribution >= 4 is 22.8 Å². The molecule has 0 N–H and O–H groups in total. The van der Waals surface area contributed by atoms with Crippen molar-refractivity contribution in [2.75, 3.05) is 6.61 Å². The molecule has 30 heavy (non-hydrogen) atoms. The summed E-state index contributed by atoms with van der Waals surface area (Å²) >= 11 is 0. The monoisotopic (exact) mass is 400 g/mol. The molecule has 0 unspecified atom stereocenters. The van der Waals surface area contributed by atoms with E-state index in [1.165, 1.54) is 0 Å². The van der Waals surface area contributed by atoms with E-state index in [9.17, 15) is 9.59 Å². The third kappa shape index (κ3) is 3.58. The fraction of sp³-hybridized carbons (Fsp3) is 0.217. The molecule has 0 radical (unpaired) electrons. The average Bonchev–Trinajstić information content (AvgIpc) is 3.18. The molecule has 0 aliphatic carbocycles. The summed E-state index contributed by atoms with van der Waals surface area (Å²) in [5, 5.41) is 5.87. The quantitative estimate of drug-likeness (QED) is 0.328. The van der Waals surface area contributed by atoms with Crippen LogP contribution in [0.15, 0.2) is 77.9 Å². The number of hydrogen-bond acceptors (Lipinski definition) is 4. The lowest BCUT2D eigenvalue weighted by molar-refractivity contribution is -0.131. The maximum absolute atomic E-state index is 13.4. The van der Waals surface area contributed by atoms with Gasteiger partial charge in [-0.1, -0.05) is 84.8 Å². The van der Waals surface area contributed by atoms with Gasteiger partial charge in [0.25, 0.3) is 0 Å². The van der Waals surface area contributed by atoms with E-state index >= 15 is 0 Å². The number of azide groups is 1. The predicted octanol–water partition coefficient (Wildman–Crippen LogP) is 5.34. The van der Waals surface area contributed by atoms with Gasteiger partial charge in [-0.3, -0.25) is 4.79 Å². The van der Waals surface area contributed by atoms with Gasteiger partial charge in [0.15, 0.2) is 0 Å². The molecule has 1 heterocycles. The van der Waals surface area contributed by atoms with E-state index in [0.29, 0.717) is 0 Å². The van der Waals surface area contributed by atoms with Crippen LogP contribution in [0.25, 0.3) is 21.2 Å². The van der Waals surface area contributed by atoms with E-state index in [2.05, 4.69) is 10.0 Å². The molecule has 1 aliphatic rings. The SMILES string of the molecule is C[C@@H](c1ccc2ccccc2c1)[C@H](N=[N+]=[N-])C(=O)N1C(=O)OC[C@H]1c1ccccc1. The summed E-state index contributed by atoms with van der Waals surface area (Å²) in [4.78, 5) is 29.7. The Kier molecular flexibility index (Phi) is 5.37. The predicted molar refractivity (Wildman–Crippen MR) is 113 cm³/mol. The van der Waals surface area contributed by atoms with Gasteiger partial charge in [-0.2, -0.15) is 0 Å². The first kappa shape index (κ1) is 19.5. The number of imide groups is 1. The van der Waals surface area contributed by atoms with Crippen LogP contribution in [0.2, 0.25) is 0 Å². The standard InChI is InChI=1S/C23H20N4O3/c1-15(18-12-11-16-7-5-6-10-19(16)13-18)21(25-26-24)22(28)27-20(14-30-23(27)29)17-8-3-2-4-9-17/h2-13,15,20-21H,14H2,1H3/t15-,20-,21-/m0/s1. The van der Waals surface area contributed by atoms with E-state index in [1.807, 2.05) is 79.7 Å². The highest BCUT2D eigenvalue weighted by molar-refractivity contribution is 5.97. The molecule has 2 amide bonds. The summed E-state index contributed by atoms with van der Waals surface area (Å²) in [7, 11) is 0. The molecular formula is C23H20N4O3. The maximum atomic E-state index is 13.4. The van der Waals surface area contributed by atoms with Crippen molar-refractivity contribution in [2.45, 2.75) is 24.9 Å². The van der Waals surface area contributed by atoms with Gasteiger partial charge >= 0.3 is 6.09 Å². The molecule has 0 aromatic heterocycles. The number of ether oxygens (including phenoxy) is 1. The molecule has 1 saturated heterocycles. The van der Waals surface area contributed by atoms with E-state index in [1.54, 1.807) is 0 Å². The Labute approximate surface area is 173 Å². The van der Waals surface area contributed by atoms with Crippen LogP contribution in [-0.2, 0) is 9.53 Å². The summed E-state index contributed by atoms with van der Waals surface area (Å²) in [5.41, 5.74) is 10.8. The molecule has 3 aromatic rings. The highest BCUT2D eigenvalue weighted by Gasteiger charge is 2.43. The van der Waals surface area contributed by atoms with Crippen LogP contribution in [0.4, 0.5) is 4.79 Å². The summed E-state index contributed by atoms with van der Waals surface area (Å²) < 4.78 is 5.16. The number of hydrogen-bond donors (Lipinski definition) is 0. The Morgan fingerprint density at radius 3 is 2.53 bits per heavy atom. The van der Waals surface area contributed by atoms with Crippen LogP contribution in [0, 0.1) is 0 Å². The third-order valence-corrected chi connectivity index (χ3v) is 5.50. The molecule has 1 aliphatic heterocycles. The number of nitrogens with zero attached hydrogens (tertiary/aromatic N) is 4. The minimum Gasteiger partial charge on any atom is -0.446 e. The second kappa shape index (κ2) is 8.27. The van der Waals surface area contributed by atoms with E-state index < -0.39 is 30.0 Å². The van der Waals surface area contributed by atoms with Gasteiger partial charge in [-0.15, -0.1) is 0 Å². The van der Waals surface area contributed by atoms with Crippen molar-refractivity contribution in [3.63, 3.8) is 0 Å². The van der Waals surface area contributed by atoms with Gasteiger partial charge in [0, 0.05) is 4.91 Å². The summed E-state index contributed by atoms with van der Waals surface area (Å²) in [6, 6.07) is 21.3. The summed E-state index contributed by atoms with van der Waals surface area (Å²) in [6.45, 7) is 1.89. The fourth-order valence-electron chi connectivity index (χ4n) is 3.82. The molecule has 150 valence electrons. The maximum Gasteiger partial charge on any atom is 0.417 e. The van der Waals surface area contributed by atoms with Crippen molar-refractivity contribution < 1.29 is 14.3 Å². The van der Waals surface area contributed by atoms with Gasteiger partial charge in [0.1, 0.15) is 18.7 Å². The van der Waals surface area contributed by atoms with Crippen molar-refractivity contribution in [2.24, 2.45) is 5.11 Å². The van der Waals surface area contributed by atoms with Crippen molar-refractivity contribution in [1.82, 2.24) is 4.90 Å². The van der Waals surface area contributed by atoms with Crippen LogP contribution in [0.1, 0.15) is 30.0 Å². The number of benzene rings is 3. The van der Waals surface area contributed by atoms with Crippen LogP contribution < -0.4 is 0 Å². The minimum atomic E-state index is -1.08. The Balaban J connectivity index is 1.67. The average molecular weight is 400 g/mol. The normalized spacial score (nSPS) is 17.8. The molecular weight excluding hydrogens is 380 g/mol. The number of fused-ring (bicyclic) bond motifs is 1. The second-order valence-electron chi connectivity index (χ2n) is 7.26. The lowest BCUT2D eigenvalue weighted by atomic mass is 9.91. The Bertz CT molecular complexity index is 1140. The second-order valence-corrected chi connectivity index (χ2v) is 7.26. The van der Waals surface area contributed by atoms with E-state index in [-0.39, 0.29) is 6.61 Å². The van der Waals surface area contributed by atoms with Crippen molar-refractivity contribution in [3.8, 4) is 0 Å². The van der Waals surface area contributed by atoms with E-state index in [4.69, 9.17) is 10.3 Å². The third-order valence-electron chi connectivity index (χ3n) is 5.50. The lowest BCUT2D eigenvalue weighted by Crippen LogP contribution is -2.42. The number of amides is 2. The molecule has 7 nitrogen and oxygen atoms in total. The van der Waals surface area contributed by atoms with Crippen LogP contribution in [0.3, 0.4) is 0 Å². The van der Waals surface area contributed by atoms with E-state index in [0.717, 1.165) is 26.8 Å². The van der Waals surface area contributed by atoms with Gasteiger partial charge in [-0.05, 0) is 33.3 Å². The topological polar surface area (TPSA) is 95.4 Å². The van der Waals surface area contributed by atoms with Crippen molar-refractivity contribution in [3.05, 3.63) is 94.4 Å². The van der Waals surface area contributed by atoms with Gasteiger partial charge in [-0.25, -0.2) is 9.69 Å². The van der Waals surface area contributed by atoms with Crippen LogP contribution in [-0.4, -0.2) is 29.5 Å². The zero-order chi connectivity index (χ0) is 21.1. The van der Waals surface area contributed by atoms with Gasteiger partial charge in [0.2, 0.25) is 5.91 Å². The molecule has 0 saturated carbocycles. The smallest absolute Gasteiger partial charge is 0.417 e. The fourth-order valence-corrected chi connectivity index (χ4v) is 3.82. The molecule has 3 aromatic carbocycles. The van der Waals surface area contributed by atoms with Gasteiger partial charge in [0.05, 0.1) is 0 Å². The highest BCUT2D eigenvalue weighted by Crippen LogP contribution is 2.32. The number of rotatable bonds is 5. The summed E-state index contributed by atoms with van der Waals surface area (Å²) in [6.07, 6.45) is -0.724. The zero-order valence-corrected chi connectivity index (χ0v) is 16.4. The van der Waals surface area contributed by atoms with Gasteiger partial charge < -0.3 is 4.74 Å². The first-order valence-electron chi connectivity index (χ1n) is 9.68. The number of cyclic esters (lactones) is 1. The zero-order valence-electron chi connectivity index (χ0n) is 16.4. The molecule has 3 atom stereocenters. The Hall–Kier alpha value is -3.83. The van der Waals surface area contributed by atoms with Crippen molar-refractivity contribution in [1.29, 1.82) is 0 Å². The first-order chi connectivity index (χ1) is 14.6. The number of carbonyl (C=O) groups excluding carboxylic acids is 2.